The molecule has 0 bridgehead atoms. The Hall–Kier alpha value is -0.480. The van der Waals surface area contributed by atoms with E-state index in [0.717, 1.165) is 19.0 Å². The molecule has 0 amide bonds. The molecule has 0 radical (unpaired) electrons. The first-order valence-electron chi connectivity index (χ1n) is 6.27. The van der Waals surface area contributed by atoms with Crippen molar-refractivity contribution in [3.8, 4) is 0 Å². The molecule has 2 saturated heterocycles. The normalized spacial score (nSPS) is 30.8. The highest BCUT2D eigenvalue weighted by Gasteiger charge is 2.22. The highest BCUT2D eigenvalue weighted by Crippen LogP contribution is 2.31. The number of hydrogen-bond acceptors (Lipinski definition) is 3. The van der Waals surface area contributed by atoms with Crippen LogP contribution >= 0.6 is 11.8 Å². The molecular weight excluding hydrogens is 218 g/mol. The van der Waals surface area contributed by atoms with Crippen LogP contribution in [0.3, 0.4) is 0 Å². The van der Waals surface area contributed by atoms with Gasteiger partial charge in [-0.1, -0.05) is 0 Å². The van der Waals surface area contributed by atoms with Gasteiger partial charge in [0.05, 0.1) is 0 Å². The lowest BCUT2D eigenvalue weighted by Gasteiger charge is -2.19. The van der Waals surface area contributed by atoms with Gasteiger partial charge in [0.25, 0.3) is 0 Å². The van der Waals surface area contributed by atoms with Crippen LogP contribution in [0, 0.1) is 0 Å². The molecule has 2 aliphatic heterocycles. The predicted molar refractivity (Wildman–Crippen MR) is 68.1 cm³/mol. The van der Waals surface area contributed by atoms with Crippen LogP contribution < -0.4 is 5.32 Å². The third kappa shape index (κ3) is 2.13. The van der Waals surface area contributed by atoms with Crippen molar-refractivity contribution >= 4 is 11.8 Å². The highest BCUT2D eigenvalue weighted by atomic mass is 32.2. The molecule has 1 aromatic rings. The molecule has 3 rings (SSSR count). The maximum Gasteiger partial charge on any atom is 0.110 e. The number of imidazole rings is 1. The van der Waals surface area contributed by atoms with Crippen LogP contribution in [0.2, 0.25) is 0 Å². The number of aromatic amines is 1. The Morgan fingerprint density at radius 1 is 1.31 bits per heavy atom. The molecule has 2 N–H and O–H groups in total. The lowest BCUT2D eigenvalue weighted by Crippen LogP contribution is -2.10. The quantitative estimate of drug-likeness (QED) is 0.827. The number of nitrogens with one attached hydrogen (secondary N) is 2. The molecule has 0 aliphatic carbocycles. The van der Waals surface area contributed by atoms with Gasteiger partial charge >= 0.3 is 0 Å². The second kappa shape index (κ2) is 4.80. The molecular formula is C12H19N3S. The number of hydrogen-bond donors (Lipinski definition) is 2. The molecule has 0 saturated carbocycles. The van der Waals surface area contributed by atoms with Crippen molar-refractivity contribution in [2.24, 2.45) is 0 Å². The molecule has 4 heteroatoms. The predicted octanol–water partition coefficient (Wildman–Crippen LogP) is 2.10. The number of aromatic nitrogens is 2. The van der Waals surface area contributed by atoms with Crippen LogP contribution in [-0.4, -0.2) is 34.6 Å². The summed E-state index contributed by atoms with van der Waals surface area (Å²) in [4.78, 5) is 8.13. The zero-order valence-corrected chi connectivity index (χ0v) is 10.4. The molecule has 0 aromatic carbocycles. The van der Waals surface area contributed by atoms with Crippen molar-refractivity contribution < 1.29 is 0 Å². The Labute approximate surface area is 101 Å². The zero-order valence-electron chi connectivity index (χ0n) is 9.54. The molecule has 2 unspecified atom stereocenters. The second-order valence-electron chi connectivity index (χ2n) is 4.83. The van der Waals surface area contributed by atoms with Gasteiger partial charge in [0.2, 0.25) is 0 Å². The number of H-pyrrole nitrogens is 1. The summed E-state index contributed by atoms with van der Waals surface area (Å²) in [5.41, 5.74) is 1.37. The minimum absolute atomic E-state index is 0.616. The van der Waals surface area contributed by atoms with E-state index in [1.807, 2.05) is 0 Å². The summed E-state index contributed by atoms with van der Waals surface area (Å²) < 4.78 is 0. The fourth-order valence-electron chi connectivity index (χ4n) is 2.64. The van der Waals surface area contributed by atoms with Gasteiger partial charge in [-0.05, 0) is 31.6 Å². The lowest BCUT2D eigenvalue weighted by atomic mass is 10.0. The summed E-state index contributed by atoms with van der Waals surface area (Å²) in [6.07, 6.45) is 5.99. The van der Waals surface area contributed by atoms with E-state index in [0.29, 0.717) is 5.92 Å². The lowest BCUT2D eigenvalue weighted by molar-refractivity contribution is 0.639. The van der Waals surface area contributed by atoms with E-state index < -0.39 is 0 Å². The zero-order chi connectivity index (χ0) is 10.8. The fourth-order valence-corrected chi connectivity index (χ4v) is 3.81. The van der Waals surface area contributed by atoms with Crippen molar-refractivity contribution in [3.63, 3.8) is 0 Å². The van der Waals surface area contributed by atoms with Gasteiger partial charge in [0.1, 0.15) is 5.82 Å². The van der Waals surface area contributed by atoms with E-state index in [2.05, 4.69) is 33.2 Å². The summed E-state index contributed by atoms with van der Waals surface area (Å²) in [5.74, 6) is 5.14. The van der Waals surface area contributed by atoms with Gasteiger partial charge in [0, 0.05) is 36.0 Å². The molecule has 1 aromatic heterocycles. The average molecular weight is 237 g/mol. The van der Waals surface area contributed by atoms with Crippen molar-refractivity contribution in [2.45, 2.75) is 31.1 Å². The molecule has 16 heavy (non-hydrogen) atoms. The SMILES string of the molecule is c1nc(C2CCNC2)[nH]c1C1CCCSC1. The summed E-state index contributed by atoms with van der Waals surface area (Å²) >= 11 is 2.08. The van der Waals surface area contributed by atoms with E-state index in [1.54, 1.807) is 0 Å². The third-order valence-electron chi connectivity index (χ3n) is 3.66. The molecule has 0 spiro atoms. The smallest absolute Gasteiger partial charge is 0.110 e. The van der Waals surface area contributed by atoms with Crippen LogP contribution in [0.25, 0.3) is 0 Å². The van der Waals surface area contributed by atoms with E-state index in [9.17, 15) is 0 Å². The van der Waals surface area contributed by atoms with Gasteiger partial charge < -0.3 is 10.3 Å². The van der Waals surface area contributed by atoms with Gasteiger partial charge in [0.15, 0.2) is 0 Å². The minimum atomic E-state index is 0.616. The van der Waals surface area contributed by atoms with Crippen molar-refractivity contribution in [1.29, 1.82) is 0 Å². The van der Waals surface area contributed by atoms with Gasteiger partial charge in [-0.2, -0.15) is 11.8 Å². The molecule has 3 heterocycles. The first-order valence-corrected chi connectivity index (χ1v) is 7.42. The van der Waals surface area contributed by atoms with Crippen LogP contribution in [0.1, 0.15) is 42.6 Å². The number of rotatable bonds is 2. The molecule has 2 fully saturated rings. The largest absolute Gasteiger partial charge is 0.345 e. The van der Waals surface area contributed by atoms with Crippen molar-refractivity contribution in [3.05, 3.63) is 17.7 Å². The maximum absolute atomic E-state index is 4.57. The van der Waals surface area contributed by atoms with Gasteiger partial charge in [-0.15, -0.1) is 0 Å². The summed E-state index contributed by atoms with van der Waals surface area (Å²) in [5, 5.41) is 3.40. The summed E-state index contributed by atoms with van der Waals surface area (Å²) in [6.45, 7) is 2.23. The fraction of sp³-hybridized carbons (Fsp3) is 0.750. The van der Waals surface area contributed by atoms with Gasteiger partial charge in [-0.25, -0.2) is 4.98 Å². The summed E-state index contributed by atoms with van der Waals surface area (Å²) in [6, 6.07) is 0. The minimum Gasteiger partial charge on any atom is -0.345 e. The molecule has 88 valence electrons. The Balaban J connectivity index is 1.71. The highest BCUT2D eigenvalue weighted by molar-refractivity contribution is 7.99. The Morgan fingerprint density at radius 2 is 2.31 bits per heavy atom. The Bertz CT molecular complexity index is 338. The topological polar surface area (TPSA) is 40.7 Å². The van der Waals surface area contributed by atoms with Gasteiger partial charge in [-0.3, -0.25) is 0 Å². The van der Waals surface area contributed by atoms with E-state index in [-0.39, 0.29) is 0 Å². The first kappa shape index (κ1) is 10.7. The monoisotopic (exact) mass is 237 g/mol. The number of thioether (sulfide) groups is 1. The standard InChI is InChI=1S/C12H19N3S/c1-2-10(8-16-5-1)11-7-14-12(15-11)9-3-4-13-6-9/h7,9-10,13H,1-6,8H2,(H,14,15). The Morgan fingerprint density at radius 3 is 3.06 bits per heavy atom. The average Bonchev–Trinajstić information content (AvgIpc) is 3.01. The van der Waals surface area contributed by atoms with Crippen LogP contribution in [0.4, 0.5) is 0 Å². The maximum atomic E-state index is 4.57. The van der Waals surface area contributed by atoms with Crippen LogP contribution in [-0.2, 0) is 0 Å². The van der Waals surface area contributed by atoms with E-state index >= 15 is 0 Å². The first-order chi connectivity index (χ1) is 7.93. The van der Waals surface area contributed by atoms with Crippen LogP contribution in [0.15, 0.2) is 6.20 Å². The second-order valence-corrected chi connectivity index (χ2v) is 5.98. The molecule has 2 atom stereocenters. The van der Waals surface area contributed by atoms with E-state index in [1.165, 1.54) is 42.3 Å². The number of nitrogens with zero attached hydrogens (tertiary/aromatic N) is 1. The molecule has 2 aliphatic rings. The Kier molecular flexibility index (Phi) is 3.20. The van der Waals surface area contributed by atoms with Crippen LogP contribution in [0.5, 0.6) is 0 Å². The van der Waals surface area contributed by atoms with Crippen molar-refractivity contribution in [1.82, 2.24) is 15.3 Å². The molecule has 3 nitrogen and oxygen atoms in total. The summed E-state index contributed by atoms with van der Waals surface area (Å²) in [7, 11) is 0. The van der Waals surface area contributed by atoms with Crippen molar-refractivity contribution in [2.75, 3.05) is 24.6 Å². The van der Waals surface area contributed by atoms with E-state index in [4.69, 9.17) is 0 Å². The third-order valence-corrected chi connectivity index (χ3v) is 4.88.